The smallest absolute Gasteiger partial charge is 0.426 e. The van der Waals surface area contributed by atoms with E-state index in [0.29, 0.717) is 83.2 Å². The summed E-state index contributed by atoms with van der Waals surface area (Å²) in [6, 6.07) is 10.1. The summed E-state index contributed by atoms with van der Waals surface area (Å²) in [7, 11) is 0. The van der Waals surface area contributed by atoms with Crippen molar-refractivity contribution in [2.75, 3.05) is 6.54 Å². The van der Waals surface area contributed by atoms with Crippen molar-refractivity contribution in [1.29, 1.82) is 0 Å². The van der Waals surface area contributed by atoms with Crippen molar-refractivity contribution < 1.29 is 36.6 Å². The van der Waals surface area contributed by atoms with Crippen LogP contribution in [0.25, 0.3) is 0 Å². The minimum absolute atomic E-state index is 0.0378. The van der Waals surface area contributed by atoms with Gasteiger partial charge in [0.25, 0.3) is 0 Å². The van der Waals surface area contributed by atoms with Gasteiger partial charge in [-0.2, -0.15) is 13.2 Å². The quantitative estimate of drug-likeness (QED) is 0.390. The number of hydrogen-bond donors (Lipinski definition) is 1. The Morgan fingerprint density at radius 1 is 0.951 bits per heavy atom. The molecular formula is C32H34F5NO3. The number of rotatable bonds is 5. The van der Waals surface area contributed by atoms with Crippen LogP contribution >= 0.6 is 0 Å². The minimum Gasteiger partial charge on any atom is -0.481 e. The number of aliphatic carboxylic acids is 1. The fourth-order valence-electron chi connectivity index (χ4n) is 8.41. The number of likely N-dealkylation sites (tertiary alicyclic amines) is 1. The van der Waals surface area contributed by atoms with Gasteiger partial charge in [-0.25, -0.2) is 8.78 Å². The molecular weight excluding hydrogens is 541 g/mol. The second-order valence-electron chi connectivity index (χ2n) is 13.0. The lowest BCUT2D eigenvalue weighted by Crippen LogP contribution is -2.56. The van der Waals surface area contributed by atoms with Crippen molar-refractivity contribution in [2.45, 2.75) is 94.4 Å². The number of halogens is 5. The first-order chi connectivity index (χ1) is 19.2. The van der Waals surface area contributed by atoms with Gasteiger partial charge in [-0.05, 0) is 106 Å². The number of carbonyl (C=O) groups is 2. The normalized spacial score (nSPS) is 32.2. The molecule has 2 aromatic rings. The van der Waals surface area contributed by atoms with E-state index in [0.717, 1.165) is 11.1 Å². The first-order valence-corrected chi connectivity index (χ1v) is 14.4. The predicted molar refractivity (Wildman–Crippen MR) is 141 cm³/mol. The summed E-state index contributed by atoms with van der Waals surface area (Å²) >= 11 is 0. The molecule has 1 heterocycles. The highest BCUT2D eigenvalue weighted by molar-refractivity contribution is 5.86. The van der Waals surface area contributed by atoms with Crippen molar-refractivity contribution in [3.63, 3.8) is 0 Å². The van der Waals surface area contributed by atoms with Crippen LogP contribution in [0.4, 0.5) is 22.0 Å². The topological polar surface area (TPSA) is 57.6 Å². The van der Waals surface area contributed by atoms with Gasteiger partial charge in [-0.3, -0.25) is 9.59 Å². The highest BCUT2D eigenvalue weighted by Gasteiger charge is 2.60. The molecule has 0 aromatic heterocycles. The SMILES string of the molecule is CC(F)(c1ccc2c(c1)CCC1N(C(=O)C34CCC(C(=O)O)(CC3)CC4)CCC21Cc1cccc(F)c1)C(F)(F)F. The number of nitrogens with zero attached hydrogens (tertiary/aromatic N) is 1. The Bertz CT molecular complexity index is 1380. The van der Waals surface area contributed by atoms with Gasteiger partial charge >= 0.3 is 12.1 Å². The van der Waals surface area contributed by atoms with Crippen LogP contribution in [-0.4, -0.2) is 40.6 Å². The summed E-state index contributed by atoms with van der Waals surface area (Å²) < 4.78 is 69.8. The van der Waals surface area contributed by atoms with Crippen LogP contribution in [0, 0.1) is 16.6 Å². The van der Waals surface area contributed by atoms with Gasteiger partial charge in [0.2, 0.25) is 11.6 Å². The Hall–Kier alpha value is -2.97. The number of fused-ring (bicyclic) bond motifs is 6. The molecule has 4 aliphatic carbocycles. The van der Waals surface area contributed by atoms with Crippen LogP contribution in [-0.2, 0) is 33.5 Å². The molecule has 1 amide bonds. The molecule has 7 rings (SSSR count). The van der Waals surface area contributed by atoms with E-state index in [-0.39, 0.29) is 11.9 Å². The molecule has 2 aromatic carbocycles. The van der Waals surface area contributed by atoms with Gasteiger partial charge in [-0.15, -0.1) is 0 Å². The standard InChI is InChI=1S/C32H34F5NO3/c1-28(34,32(35,36)37)22-6-7-24-21(18-22)5-8-25-31(24,19-20-3-2-4-23(33)17-20)15-16-38(25)26(39)29-9-12-30(13-10-29,14-11-29)27(40)41/h2-4,6-7,17-18,25H,5,8-16,19H2,1H3,(H,40,41). The first kappa shape index (κ1) is 28.2. The van der Waals surface area contributed by atoms with Crippen LogP contribution in [0.1, 0.15) is 80.5 Å². The fraction of sp³-hybridized carbons (Fsp3) is 0.562. The van der Waals surface area contributed by atoms with E-state index in [1.165, 1.54) is 24.3 Å². The first-order valence-electron chi connectivity index (χ1n) is 14.4. The molecule has 0 spiro atoms. The molecule has 3 unspecified atom stereocenters. The van der Waals surface area contributed by atoms with Gasteiger partial charge < -0.3 is 10.0 Å². The molecule has 41 heavy (non-hydrogen) atoms. The maximum atomic E-state index is 14.9. The summed E-state index contributed by atoms with van der Waals surface area (Å²) in [5, 5.41) is 9.79. The molecule has 4 nitrogen and oxygen atoms in total. The van der Waals surface area contributed by atoms with E-state index in [1.54, 1.807) is 12.1 Å². The molecule has 0 radical (unpaired) electrons. The summed E-state index contributed by atoms with van der Waals surface area (Å²) in [5.41, 5.74) is -3.78. The number of alkyl halides is 4. The number of carbonyl (C=O) groups excluding carboxylic acids is 1. The van der Waals surface area contributed by atoms with E-state index in [9.17, 15) is 36.6 Å². The molecule has 1 N–H and O–H groups in total. The highest BCUT2D eigenvalue weighted by atomic mass is 19.4. The van der Waals surface area contributed by atoms with Crippen molar-refractivity contribution in [1.82, 2.24) is 4.90 Å². The number of hydrogen-bond acceptors (Lipinski definition) is 2. The van der Waals surface area contributed by atoms with Crippen LogP contribution in [0.5, 0.6) is 0 Å². The Labute approximate surface area is 235 Å². The van der Waals surface area contributed by atoms with Crippen molar-refractivity contribution >= 4 is 11.9 Å². The van der Waals surface area contributed by atoms with E-state index >= 15 is 0 Å². The van der Waals surface area contributed by atoms with Gasteiger partial charge in [-0.1, -0.05) is 30.3 Å². The molecule has 3 atom stereocenters. The lowest BCUT2D eigenvalue weighted by Gasteiger charge is -2.52. The molecule has 3 saturated carbocycles. The molecule has 5 aliphatic rings. The monoisotopic (exact) mass is 575 g/mol. The zero-order chi connectivity index (χ0) is 29.4. The van der Waals surface area contributed by atoms with E-state index < -0.39 is 45.4 Å². The molecule has 4 fully saturated rings. The number of carboxylic acid groups (broad SMARTS) is 1. The Morgan fingerprint density at radius 3 is 2.22 bits per heavy atom. The van der Waals surface area contributed by atoms with Gasteiger partial charge in [0, 0.05) is 23.4 Å². The van der Waals surface area contributed by atoms with Crippen LogP contribution < -0.4 is 0 Å². The number of carboxylic acids is 1. The third kappa shape index (κ3) is 4.20. The lowest BCUT2D eigenvalue weighted by molar-refractivity contribution is -0.228. The summed E-state index contributed by atoms with van der Waals surface area (Å²) in [5.74, 6) is -1.14. The zero-order valence-electron chi connectivity index (χ0n) is 23.0. The highest BCUT2D eigenvalue weighted by Crippen LogP contribution is 2.59. The third-order valence-electron chi connectivity index (χ3n) is 11.0. The van der Waals surface area contributed by atoms with Crippen LogP contribution in [0.3, 0.4) is 0 Å². The Kier molecular flexibility index (Phi) is 6.36. The van der Waals surface area contributed by atoms with Crippen molar-refractivity contribution in [3.05, 3.63) is 70.5 Å². The minimum atomic E-state index is -5.06. The van der Waals surface area contributed by atoms with Gasteiger partial charge in [0.1, 0.15) is 5.82 Å². The van der Waals surface area contributed by atoms with E-state index in [2.05, 4.69) is 0 Å². The van der Waals surface area contributed by atoms with E-state index in [1.807, 2.05) is 11.0 Å². The predicted octanol–water partition coefficient (Wildman–Crippen LogP) is 7.03. The van der Waals surface area contributed by atoms with Crippen LogP contribution in [0.2, 0.25) is 0 Å². The Morgan fingerprint density at radius 2 is 1.61 bits per heavy atom. The number of benzene rings is 2. The second kappa shape index (κ2) is 9.27. The summed E-state index contributed by atoms with van der Waals surface area (Å²) in [6.07, 6.45) is -0.185. The molecule has 1 aliphatic heterocycles. The average Bonchev–Trinajstić information content (AvgIpc) is 3.31. The largest absolute Gasteiger partial charge is 0.481 e. The summed E-state index contributed by atoms with van der Waals surface area (Å²) in [4.78, 5) is 28.2. The molecule has 9 heteroatoms. The lowest BCUT2D eigenvalue weighted by atomic mass is 9.53. The van der Waals surface area contributed by atoms with Crippen molar-refractivity contribution in [2.24, 2.45) is 10.8 Å². The summed E-state index contributed by atoms with van der Waals surface area (Å²) in [6.45, 7) is 0.987. The maximum absolute atomic E-state index is 14.9. The van der Waals surface area contributed by atoms with E-state index in [4.69, 9.17) is 0 Å². The molecule has 1 saturated heterocycles. The molecule has 2 bridgehead atoms. The zero-order valence-corrected chi connectivity index (χ0v) is 23.0. The van der Waals surface area contributed by atoms with Crippen molar-refractivity contribution in [3.8, 4) is 0 Å². The third-order valence-corrected chi connectivity index (χ3v) is 11.0. The average molecular weight is 576 g/mol. The molecule has 220 valence electrons. The number of amides is 1. The van der Waals surface area contributed by atoms with Crippen LogP contribution in [0.15, 0.2) is 42.5 Å². The Balaban J connectivity index is 1.37. The number of aryl methyl sites for hydroxylation is 1. The second-order valence-corrected chi connectivity index (χ2v) is 13.0. The fourth-order valence-corrected chi connectivity index (χ4v) is 8.41. The van der Waals surface area contributed by atoms with Gasteiger partial charge in [0.15, 0.2) is 0 Å². The van der Waals surface area contributed by atoms with Gasteiger partial charge in [0.05, 0.1) is 5.41 Å². The maximum Gasteiger partial charge on any atom is 0.426 e.